The van der Waals surface area contributed by atoms with Crippen molar-refractivity contribution in [3.63, 3.8) is 0 Å². The SMILES string of the molecule is CC1Cc2cc(/C(O)=C3/C(=O)C(=O)N(Cc4ccccn4)C3c3cccnc3)ccc2O1. The van der Waals surface area contributed by atoms with Crippen LogP contribution >= 0.6 is 0 Å². The number of aromatic nitrogens is 2. The second-order valence-corrected chi connectivity index (χ2v) is 7.99. The van der Waals surface area contributed by atoms with Crippen LogP contribution in [0.25, 0.3) is 5.76 Å². The predicted octanol–water partition coefficient (Wildman–Crippen LogP) is 3.42. The summed E-state index contributed by atoms with van der Waals surface area (Å²) in [7, 11) is 0. The minimum absolute atomic E-state index is 0.0471. The third kappa shape index (κ3) is 3.41. The average molecular weight is 427 g/mol. The minimum atomic E-state index is -0.769. The van der Waals surface area contributed by atoms with Gasteiger partial charge in [-0.2, -0.15) is 0 Å². The summed E-state index contributed by atoms with van der Waals surface area (Å²) >= 11 is 0. The number of hydrogen-bond donors (Lipinski definition) is 1. The average Bonchev–Trinajstić information content (AvgIpc) is 3.31. The molecule has 1 saturated heterocycles. The van der Waals surface area contributed by atoms with Crippen LogP contribution in [0.5, 0.6) is 5.75 Å². The fraction of sp³-hybridized carbons (Fsp3) is 0.200. The molecule has 1 N–H and O–H groups in total. The maximum Gasteiger partial charge on any atom is 0.296 e. The zero-order valence-electron chi connectivity index (χ0n) is 17.4. The number of rotatable bonds is 4. The van der Waals surface area contributed by atoms with Gasteiger partial charge in [0.1, 0.15) is 17.6 Å². The Kier molecular flexibility index (Phi) is 4.93. The number of ketones is 1. The molecule has 2 aliphatic rings. The van der Waals surface area contributed by atoms with Crippen molar-refractivity contribution in [1.29, 1.82) is 0 Å². The molecule has 7 nitrogen and oxygen atoms in total. The van der Waals surface area contributed by atoms with Crippen molar-refractivity contribution in [3.8, 4) is 5.75 Å². The fourth-order valence-electron chi connectivity index (χ4n) is 4.32. The largest absolute Gasteiger partial charge is 0.507 e. The highest BCUT2D eigenvalue weighted by Crippen LogP contribution is 2.41. The zero-order valence-corrected chi connectivity index (χ0v) is 17.4. The molecule has 3 aromatic rings. The van der Waals surface area contributed by atoms with Crippen molar-refractivity contribution < 1.29 is 19.4 Å². The van der Waals surface area contributed by atoms with Gasteiger partial charge in [0.15, 0.2) is 0 Å². The van der Waals surface area contributed by atoms with Crippen LogP contribution in [-0.2, 0) is 22.6 Å². The quantitative estimate of drug-likeness (QED) is 0.390. The van der Waals surface area contributed by atoms with Gasteiger partial charge in [0.25, 0.3) is 11.7 Å². The van der Waals surface area contributed by atoms with Crippen LogP contribution in [0.3, 0.4) is 0 Å². The standard InChI is InChI=1S/C25H21N3O4/c1-15-11-18-12-16(7-8-20(18)32-15)23(29)21-22(17-5-4-9-26-13-17)28(25(31)24(21)30)14-19-6-2-3-10-27-19/h2-10,12-13,15,22,29H,11,14H2,1H3/b23-21-. The highest BCUT2D eigenvalue weighted by molar-refractivity contribution is 6.46. The topological polar surface area (TPSA) is 92.6 Å². The molecular weight excluding hydrogens is 406 g/mol. The summed E-state index contributed by atoms with van der Waals surface area (Å²) < 4.78 is 5.74. The Labute approximate surface area is 185 Å². The van der Waals surface area contributed by atoms with Crippen molar-refractivity contribution in [2.45, 2.75) is 32.0 Å². The number of carbonyl (C=O) groups is 2. The minimum Gasteiger partial charge on any atom is -0.507 e. The van der Waals surface area contributed by atoms with Crippen LogP contribution in [0, 0.1) is 0 Å². The molecule has 2 aliphatic heterocycles. The number of fused-ring (bicyclic) bond motifs is 1. The lowest BCUT2D eigenvalue weighted by molar-refractivity contribution is -0.140. The van der Waals surface area contributed by atoms with Gasteiger partial charge in [-0.05, 0) is 54.4 Å². The molecule has 2 unspecified atom stereocenters. The Morgan fingerprint density at radius 3 is 2.78 bits per heavy atom. The second kappa shape index (κ2) is 7.92. The van der Waals surface area contributed by atoms with E-state index in [0.717, 1.165) is 17.7 Å². The summed E-state index contributed by atoms with van der Waals surface area (Å²) in [4.78, 5) is 36.0. The van der Waals surface area contributed by atoms with E-state index >= 15 is 0 Å². The Bertz CT molecular complexity index is 1220. The maximum atomic E-state index is 13.1. The Morgan fingerprint density at radius 1 is 1.16 bits per heavy atom. The molecule has 1 fully saturated rings. The van der Waals surface area contributed by atoms with Crippen molar-refractivity contribution in [2.75, 3.05) is 0 Å². The molecule has 0 spiro atoms. The molecule has 0 saturated carbocycles. The van der Waals surface area contributed by atoms with Crippen LogP contribution in [0.4, 0.5) is 0 Å². The van der Waals surface area contributed by atoms with Gasteiger partial charge >= 0.3 is 0 Å². The number of aliphatic hydroxyl groups excluding tert-OH is 1. The lowest BCUT2D eigenvalue weighted by Crippen LogP contribution is -2.29. The molecule has 1 aromatic carbocycles. The molecule has 0 bridgehead atoms. The summed E-state index contributed by atoms with van der Waals surface area (Å²) in [6.45, 7) is 2.11. The molecule has 5 rings (SSSR count). The van der Waals surface area contributed by atoms with Crippen LogP contribution < -0.4 is 4.74 Å². The summed E-state index contributed by atoms with van der Waals surface area (Å²) in [5, 5.41) is 11.2. The molecule has 7 heteroatoms. The summed E-state index contributed by atoms with van der Waals surface area (Å²) in [6, 6.07) is 13.5. The highest BCUT2D eigenvalue weighted by Gasteiger charge is 2.46. The third-order valence-electron chi connectivity index (χ3n) is 5.77. The van der Waals surface area contributed by atoms with Gasteiger partial charge in [0, 0.05) is 30.6 Å². The van der Waals surface area contributed by atoms with E-state index in [1.807, 2.05) is 19.1 Å². The number of Topliss-reactive ketones (excluding diaryl/α,β-unsaturated/α-hetero) is 1. The second-order valence-electron chi connectivity index (χ2n) is 7.99. The van der Waals surface area contributed by atoms with Gasteiger partial charge in [-0.3, -0.25) is 19.6 Å². The first-order chi connectivity index (χ1) is 15.5. The monoisotopic (exact) mass is 427 g/mol. The Hall–Kier alpha value is -4.00. The summed E-state index contributed by atoms with van der Waals surface area (Å²) in [5.41, 5.74) is 2.77. The fourth-order valence-corrected chi connectivity index (χ4v) is 4.32. The van der Waals surface area contributed by atoms with Gasteiger partial charge in [-0.25, -0.2) is 0 Å². The molecule has 2 atom stereocenters. The molecule has 32 heavy (non-hydrogen) atoms. The van der Waals surface area contributed by atoms with E-state index < -0.39 is 17.7 Å². The molecule has 4 heterocycles. The van der Waals surface area contributed by atoms with E-state index in [1.54, 1.807) is 55.0 Å². The number of benzene rings is 1. The predicted molar refractivity (Wildman–Crippen MR) is 117 cm³/mol. The molecule has 160 valence electrons. The number of pyridine rings is 2. The van der Waals surface area contributed by atoms with E-state index in [-0.39, 0.29) is 24.0 Å². The number of nitrogens with zero attached hydrogens (tertiary/aromatic N) is 3. The number of likely N-dealkylation sites (tertiary alicyclic amines) is 1. The maximum absolute atomic E-state index is 13.1. The van der Waals surface area contributed by atoms with Gasteiger partial charge in [-0.15, -0.1) is 0 Å². The first kappa shape index (κ1) is 19.9. The Morgan fingerprint density at radius 2 is 2.03 bits per heavy atom. The van der Waals surface area contributed by atoms with Crippen molar-refractivity contribution in [3.05, 3.63) is 95.1 Å². The molecular formula is C25H21N3O4. The lowest BCUT2D eigenvalue weighted by Gasteiger charge is -2.24. The molecule has 2 aromatic heterocycles. The van der Waals surface area contributed by atoms with Crippen LogP contribution in [-0.4, -0.2) is 37.8 Å². The number of ether oxygens (including phenoxy) is 1. The van der Waals surface area contributed by atoms with E-state index in [9.17, 15) is 14.7 Å². The van der Waals surface area contributed by atoms with Crippen LogP contribution in [0.15, 0.2) is 72.7 Å². The van der Waals surface area contributed by atoms with Gasteiger partial charge in [-0.1, -0.05) is 12.1 Å². The number of aliphatic hydroxyl groups is 1. The normalized spacial score (nSPS) is 21.5. The third-order valence-corrected chi connectivity index (χ3v) is 5.77. The van der Waals surface area contributed by atoms with E-state index in [0.29, 0.717) is 16.8 Å². The van der Waals surface area contributed by atoms with Crippen molar-refractivity contribution >= 4 is 17.4 Å². The van der Waals surface area contributed by atoms with Crippen molar-refractivity contribution in [2.24, 2.45) is 0 Å². The summed E-state index contributed by atoms with van der Waals surface area (Å²) in [6.07, 6.45) is 5.64. The number of amides is 1. The number of carbonyl (C=O) groups excluding carboxylic acids is 2. The van der Waals surface area contributed by atoms with Gasteiger partial charge in [0.05, 0.1) is 23.9 Å². The van der Waals surface area contributed by atoms with Crippen molar-refractivity contribution in [1.82, 2.24) is 14.9 Å². The molecule has 0 radical (unpaired) electrons. The number of hydrogen-bond acceptors (Lipinski definition) is 6. The van der Waals surface area contributed by atoms with E-state index in [2.05, 4.69) is 9.97 Å². The first-order valence-corrected chi connectivity index (χ1v) is 10.4. The molecule has 0 aliphatic carbocycles. The highest BCUT2D eigenvalue weighted by atomic mass is 16.5. The van der Waals surface area contributed by atoms with E-state index in [4.69, 9.17) is 4.74 Å². The zero-order chi connectivity index (χ0) is 22.2. The van der Waals surface area contributed by atoms with Crippen LogP contribution in [0.2, 0.25) is 0 Å². The Balaban J connectivity index is 1.62. The van der Waals surface area contributed by atoms with E-state index in [1.165, 1.54) is 4.90 Å². The first-order valence-electron chi connectivity index (χ1n) is 10.4. The smallest absolute Gasteiger partial charge is 0.296 e. The molecule has 1 amide bonds. The van der Waals surface area contributed by atoms with Gasteiger partial charge < -0.3 is 14.7 Å². The lowest BCUT2D eigenvalue weighted by atomic mass is 9.95. The van der Waals surface area contributed by atoms with Crippen LogP contribution in [0.1, 0.15) is 35.3 Å². The summed E-state index contributed by atoms with van der Waals surface area (Å²) in [5.74, 6) is -0.835. The van der Waals surface area contributed by atoms with Gasteiger partial charge in [0.2, 0.25) is 0 Å².